The lowest BCUT2D eigenvalue weighted by Crippen LogP contribution is -2.39. The molecule has 3 aromatic rings. The van der Waals surface area contributed by atoms with Crippen molar-refractivity contribution in [1.29, 1.82) is 0 Å². The molecule has 0 spiro atoms. The van der Waals surface area contributed by atoms with Gasteiger partial charge in [-0.15, -0.1) is 0 Å². The van der Waals surface area contributed by atoms with Crippen LogP contribution < -0.4 is 5.32 Å². The molecule has 130 valence electrons. The Morgan fingerprint density at radius 2 is 1.84 bits per heavy atom. The van der Waals surface area contributed by atoms with Gasteiger partial charge in [-0.3, -0.25) is 4.79 Å². The molecule has 0 aliphatic rings. The quantitative estimate of drug-likeness (QED) is 0.697. The molecule has 0 bridgehead atoms. The summed E-state index contributed by atoms with van der Waals surface area (Å²) < 4.78 is 2.17. The summed E-state index contributed by atoms with van der Waals surface area (Å²) in [6.45, 7) is 2.63. The van der Waals surface area contributed by atoms with E-state index in [-0.39, 0.29) is 18.6 Å². The van der Waals surface area contributed by atoms with Gasteiger partial charge in [-0.05, 0) is 36.4 Å². The van der Waals surface area contributed by atoms with E-state index in [1.807, 2.05) is 42.5 Å². The molecular weight excluding hydrogens is 312 g/mol. The lowest BCUT2D eigenvalue weighted by molar-refractivity contribution is -0.122. The zero-order valence-electron chi connectivity index (χ0n) is 14.5. The minimum absolute atomic E-state index is 0.0350. The third kappa shape index (κ3) is 4.28. The molecular formula is C21H24N2O2. The predicted octanol–water partition coefficient (Wildman–Crippen LogP) is 3.06. The summed E-state index contributed by atoms with van der Waals surface area (Å²) in [5.74, 6) is -0.0350. The lowest BCUT2D eigenvalue weighted by Gasteiger charge is -2.17. The predicted molar refractivity (Wildman–Crippen MR) is 100 cm³/mol. The molecule has 3 rings (SSSR count). The van der Waals surface area contributed by atoms with E-state index < -0.39 is 0 Å². The lowest BCUT2D eigenvalue weighted by atomic mass is 10.1. The molecule has 1 amide bonds. The molecule has 4 heteroatoms. The van der Waals surface area contributed by atoms with Crippen molar-refractivity contribution in [3.63, 3.8) is 0 Å². The zero-order chi connectivity index (χ0) is 17.6. The van der Waals surface area contributed by atoms with E-state index >= 15 is 0 Å². The molecule has 0 radical (unpaired) electrons. The first-order valence-corrected chi connectivity index (χ1v) is 8.66. The van der Waals surface area contributed by atoms with Crippen LogP contribution in [0.5, 0.6) is 0 Å². The number of hydrogen-bond donors (Lipinski definition) is 2. The number of aliphatic hydroxyl groups is 1. The van der Waals surface area contributed by atoms with Crippen molar-refractivity contribution < 1.29 is 9.90 Å². The topological polar surface area (TPSA) is 54.3 Å². The van der Waals surface area contributed by atoms with Gasteiger partial charge in [0, 0.05) is 24.2 Å². The van der Waals surface area contributed by atoms with Crippen LogP contribution in [-0.2, 0) is 17.8 Å². The Bertz CT molecular complexity index is 839. The molecule has 0 fully saturated rings. The van der Waals surface area contributed by atoms with Crippen molar-refractivity contribution >= 4 is 16.8 Å². The average Bonchev–Trinajstić information content (AvgIpc) is 2.95. The van der Waals surface area contributed by atoms with Gasteiger partial charge < -0.3 is 15.0 Å². The number of para-hydroxylation sites is 1. The molecule has 4 nitrogen and oxygen atoms in total. The third-order valence-corrected chi connectivity index (χ3v) is 4.49. The van der Waals surface area contributed by atoms with Crippen LogP contribution in [0.4, 0.5) is 0 Å². The first kappa shape index (κ1) is 17.2. The van der Waals surface area contributed by atoms with Crippen LogP contribution in [0.2, 0.25) is 0 Å². The number of carbonyl (C=O) groups is 1. The molecule has 0 aliphatic heterocycles. The average molecular weight is 336 g/mol. The Morgan fingerprint density at radius 1 is 1.12 bits per heavy atom. The SMILES string of the molecule is Cc1cc2ccccc2n1CCC(=O)N[C@@H](CO)Cc1ccccc1. The van der Waals surface area contributed by atoms with Crippen LogP contribution in [-0.4, -0.2) is 28.2 Å². The number of hydrogen-bond acceptors (Lipinski definition) is 2. The van der Waals surface area contributed by atoms with Crippen molar-refractivity contribution in [2.75, 3.05) is 6.61 Å². The van der Waals surface area contributed by atoms with Crippen molar-refractivity contribution in [2.45, 2.75) is 32.4 Å². The van der Waals surface area contributed by atoms with Gasteiger partial charge in [0.05, 0.1) is 12.6 Å². The molecule has 25 heavy (non-hydrogen) atoms. The molecule has 1 aromatic heterocycles. The van der Waals surface area contributed by atoms with Gasteiger partial charge in [-0.1, -0.05) is 48.5 Å². The number of nitrogens with zero attached hydrogens (tertiary/aromatic N) is 1. The Kier molecular flexibility index (Phi) is 5.51. The maximum atomic E-state index is 12.3. The van der Waals surface area contributed by atoms with E-state index in [0.717, 1.165) is 16.8 Å². The summed E-state index contributed by atoms with van der Waals surface area (Å²) in [6, 6.07) is 20.0. The van der Waals surface area contributed by atoms with Crippen molar-refractivity contribution in [2.24, 2.45) is 0 Å². The maximum absolute atomic E-state index is 12.3. The minimum Gasteiger partial charge on any atom is -0.394 e. The Balaban J connectivity index is 1.59. The second kappa shape index (κ2) is 7.99. The van der Waals surface area contributed by atoms with Crippen molar-refractivity contribution in [3.8, 4) is 0 Å². The fraction of sp³-hybridized carbons (Fsp3) is 0.286. The van der Waals surface area contributed by atoms with E-state index in [0.29, 0.717) is 19.4 Å². The number of carbonyl (C=O) groups excluding carboxylic acids is 1. The van der Waals surface area contributed by atoms with Gasteiger partial charge in [-0.2, -0.15) is 0 Å². The van der Waals surface area contributed by atoms with E-state index in [4.69, 9.17) is 0 Å². The normalized spacial score (nSPS) is 12.2. The summed E-state index contributed by atoms with van der Waals surface area (Å²) in [5, 5.41) is 13.7. The molecule has 2 aromatic carbocycles. The van der Waals surface area contributed by atoms with Crippen molar-refractivity contribution in [3.05, 3.63) is 71.9 Å². The summed E-state index contributed by atoms with van der Waals surface area (Å²) in [7, 11) is 0. The number of aromatic nitrogens is 1. The fourth-order valence-electron chi connectivity index (χ4n) is 3.22. The number of amides is 1. The molecule has 1 atom stereocenters. The van der Waals surface area contributed by atoms with Crippen molar-refractivity contribution in [1.82, 2.24) is 9.88 Å². The molecule has 2 N–H and O–H groups in total. The highest BCUT2D eigenvalue weighted by Gasteiger charge is 2.13. The fourth-order valence-corrected chi connectivity index (χ4v) is 3.22. The number of rotatable bonds is 7. The molecule has 1 heterocycles. The van der Waals surface area contributed by atoms with Gasteiger partial charge in [0.15, 0.2) is 0 Å². The number of benzene rings is 2. The highest BCUT2D eigenvalue weighted by Crippen LogP contribution is 2.19. The Morgan fingerprint density at radius 3 is 2.60 bits per heavy atom. The van der Waals surface area contributed by atoms with Crippen LogP contribution in [0.25, 0.3) is 10.9 Å². The van der Waals surface area contributed by atoms with Crippen LogP contribution in [0.3, 0.4) is 0 Å². The standard InChI is InChI=1S/C21H24N2O2/c1-16-13-18-9-5-6-10-20(18)23(16)12-11-21(25)22-19(15-24)14-17-7-3-2-4-8-17/h2-10,13,19,24H,11-12,14-15H2,1H3,(H,22,25)/t19-/m1/s1. The molecule has 0 saturated heterocycles. The van der Waals surface area contributed by atoms with Gasteiger partial charge in [-0.25, -0.2) is 0 Å². The van der Waals surface area contributed by atoms with Crippen LogP contribution in [0.1, 0.15) is 17.7 Å². The van der Waals surface area contributed by atoms with Crippen LogP contribution in [0, 0.1) is 6.92 Å². The first-order chi connectivity index (χ1) is 12.2. The van der Waals surface area contributed by atoms with Crippen LogP contribution in [0.15, 0.2) is 60.7 Å². The van der Waals surface area contributed by atoms with Gasteiger partial charge >= 0.3 is 0 Å². The highest BCUT2D eigenvalue weighted by atomic mass is 16.3. The summed E-state index contributed by atoms with van der Waals surface area (Å²) in [6.07, 6.45) is 1.03. The van der Waals surface area contributed by atoms with Crippen LogP contribution >= 0.6 is 0 Å². The maximum Gasteiger partial charge on any atom is 0.222 e. The summed E-state index contributed by atoms with van der Waals surface area (Å²) in [5.41, 5.74) is 3.40. The molecule has 0 aliphatic carbocycles. The smallest absolute Gasteiger partial charge is 0.222 e. The second-order valence-electron chi connectivity index (χ2n) is 6.38. The number of aliphatic hydroxyl groups excluding tert-OH is 1. The molecule has 0 saturated carbocycles. The van der Waals surface area contributed by atoms with E-state index in [2.05, 4.69) is 35.0 Å². The summed E-state index contributed by atoms with van der Waals surface area (Å²) in [4.78, 5) is 12.3. The monoisotopic (exact) mass is 336 g/mol. The van der Waals surface area contributed by atoms with Gasteiger partial charge in [0.1, 0.15) is 0 Å². The molecule has 0 unspecified atom stereocenters. The Hall–Kier alpha value is -2.59. The first-order valence-electron chi connectivity index (χ1n) is 8.66. The third-order valence-electron chi connectivity index (χ3n) is 4.49. The number of aryl methyl sites for hydroxylation is 2. The number of nitrogens with one attached hydrogen (secondary N) is 1. The van der Waals surface area contributed by atoms with E-state index in [9.17, 15) is 9.90 Å². The van der Waals surface area contributed by atoms with Gasteiger partial charge in [0.25, 0.3) is 0 Å². The second-order valence-corrected chi connectivity index (χ2v) is 6.38. The number of fused-ring (bicyclic) bond motifs is 1. The summed E-state index contributed by atoms with van der Waals surface area (Å²) >= 11 is 0. The minimum atomic E-state index is -0.252. The van der Waals surface area contributed by atoms with Gasteiger partial charge in [0.2, 0.25) is 5.91 Å². The largest absolute Gasteiger partial charge is 0.394 e. The Labute approximate surface area is 148 Å². The van der Waals surface area contributed by atoms with E-state index in [1.165, 1.54) is 5.39 Å². The zero-order valence-corrected chi connectivity index (χ0v) is 14.5. The van der Waals surface area contributed by atoms with E-state index in [1.54, 1.807) is 0 Å². The highest BCUT2D eigenvalue weighted by molar-refractivity contribution is 5.81.